The number of carbonyl (C=O) groups is 2. The lowest BCUT2D eigenvalue weighted by atomic mass is 10.2. The first-order chi connectivity index (χ1) is 17.3. The van der Waals surface area contributed by atoms with E-state index >= 15 is 0 Å². The minimum Gasteiger partial charge on any atom is -0.457 e. The van der Waals surface area contributed by atoms with Gasteiger partial charge in [0.15, 0.2) is 0 Å². The average Bonchev–Trinajstić information content (AvgIpc) is 3.15. The maximum Gasteiger partial charge on any atom is 0.329 e. The Bertz CT molecular complexity index is 1430. The molecule has 0 radical (unpaired) electrons. The van der Waals surface area contributed by atoms with Crippen molar-refractivity contribution in [2.75, 3.05) is 5.32 Å². The summed E-state index contributed by atoms with van der Waals surface area (Å²) in [6.45, 7) is 3.81. The number of nitrogens with one attached hydrogen (secondary N) is 2. The van der Waals surface area contributed by atoms with Gasteiger partial charge in [-0.1, -0.05) is 47.5 Å². The molecule has 9 heteroatoms. The number of hydrogen-bond donors (Lipinski definition) is 2. The fourth-order valence-electron chi connectivity index (χ4n) is 3.58. The molecule has 2 N–H and O–H groups in total. The molecule has 0 aliphatic carbocycles. The predicted molar refractivity (Wildman–Crippen MR) is 143 cm³/mol. The molecule has 0 aliphatic rings. The summed E-state index contributed by atoms with van der Waals surface area (Å²) in [7, 11) is 0. The van der Waals surface area contributed by atoms with Crippen LogP contribution in [0.15, 0.2) is 84.0 Å². The summed E-state index contributed by atoms with van der Waals surface area (Å²) in [5, 5.41) is 7.36. The van der Waals surface area contributed by atoms with Crippen LogP contribution in [0.5, 0.6) is 11.5 Å². The smallest absolute Gasteiger partial charge is 0.329 e. The van der Waals surface area contributed by atoms with Gasteiger partial charge in [0.25, 0.3) is 0 Å². The number of benzene rings is 3. The minimum atomic E-state index is -0.900. The van der Waals surface area contributed by atoms with E-state index in [-0.39, 0.29) is 0 Å². The van der Waals surface area contributed by atoms with E-state index < -0.39 is 11.8 Å². The molecule has 4 aromatic rings. The van der Waals surface area contributed by atoms with Crippen LogP contribution in [0.3, 0.4) is 0 Å². The normalized spacial score (nSPS) is 10.9. The number of hydrogen-bond acceptors (Lipinski definition) is 4. The highest BCUT2D eigenvalue weighted by molar-refractivity contribution is 6.43. The third kappa shape index (κ3) is 5.76. The monoisotopic (exact) mass is 520 g/mol. The van der Waals surface area contributed by atoms with E-state index in [1.807, 2.05) is 66.9 Å². The van der Waals surface area contributed by atoms with Crippen LogP contribution in [0, 0.1) is 13.8 Å². The number of aromatic nitrogens is 1. The highest BCUT2D eigenvalue weighted by atomic mass is 35.5. The molecule has 0 unspecified atom stereocenters. The Labute approximate surface area is 218 Å². The topological polar surface area (TPSA) is 84.7 Å². The van der Waals surface area contributed by atoms with Crippen molar-refractivity contribution in [2.45, 2.75) is 13.8 Å². The third-order valence-corrected chi connectivity index (χ3v) is 6.12. The molecule has 2 amide bonds. The molecule has 1 heterocycles. The highest BCUT2D eigenvalue weighted by Crippen LogP contribution is 2.31. The number of anilines is 1. The van der Waals surface area contributed by atoms with Crippen LogP contribution in [0.2, 0.25) is 10.0 Å². The molecule has 0 saturated carbocycles. The Kier molecular flexibility index (Phi) is 7.73. The number of amides is 2. The summed E-state index contributed by atoms with van der Waals surface area (Å²) in [6, 6.07) is 23.3. The van der Waals surface area contributed by atoms with Crippen LogP contribution in [0.1, 0.15) is 17.0 Å². The van der Waals surface area contributed by atoms with Crippen molar-refractivity contribution in [1.29, 1.82) is 0 Å². The van der Waals surface area contributed by atoms with Crippen molar-refractivity contribution in [3.05, 3.63) is 106 Å². The van der Waals surface area contributed by atoms with Crippen LogP contribution >= 0.6 is 23.2 Å². The fraction of sp³-hybridized carbons (Fsp3) is 0.0741. The largest absolute Gasteiger partial charge is 0.457 e. The van der Waals surface area contributed by atoms with Crippen molar-refractivity contribution in [1.82, 2.24) is 9.99 Å². The summed E-state index contributed by atoms with van der Waals surface area (Å²) in [5.74, 6) is -0.449. The van der Waals surface area contributed by atoms with E-state index in [1.54, 1.807) is 30.3 Å². The quantitative estimate of drug-likeness (QED) is 0.178. The van der Waals surface area contributed by atoms with Gasteiger partial charge < -0.3 is 14.6 Å². The van der Waals surface area contributed by atoms with Gasteiger partial charge in [-0.2, -0.15) is 5.10 Å². The number of para-hydroxylation sites is 1. The van der Waals surface area contributed by atoms with Crippen molar-refractivity contribution in [2.24, 2.45) is 5.10 Å². The van der Waals surface area contributed by atoms with Gasteiger partial charge in [-0.05, 0) is 68.4 Å². The fourth-order valence-corrected chi connectivity index (χ4v) is 3.96. The van der Waals surface area contributed by atoms with E-state index in [0.717, 1.165) is 22.6 Å². The molecule has 3 aromatic carbocycles. The molecule has 0 bridgehead atoms. The molecular formula is C27H22Cl2N4O3. The first kappa shape index (κ1) is 25.0. The molecule has 0 saturated heterocycles. The van der Waals surface area contributed by atoms with Gasteiger partial charge in [-0.25, -0.2) is 5.43 Å². The summed E-state index contributed by atoms with van der Waals surface area (Å²) >= 11 is 12.5. The number of rotatable bonds is 6. The Balaban J connectivity index is 1.36. The van der Waals surface area contributed by atoms with E-state index in [4.69, 9.17) is 27.9 Å². The van der Waals surface area contributed by atoms with E-state index in [0.29, 0.717) is 27.2 Å². The third-order valence-electron chi connectivity index (χ3n) is 5.31. The second-order valence-corrected chi connectivity index (χ2v) is 8.61. The lowest BCUT2D eigenvalue weighted by Crippen LogP contribution is -2.32. The summed E-state index contributed by atoms with van der Waals surface area (Å²) in [5.41, 5.74) is 5.93. The molecule has 182 valence electrons. The molecule has 0 aliphatic heterocycles. The molecule has 0 atom stereocenters. The van der Waals surface area contributed by atoms with Crippen LogP contribution < -0.4 is 15.5 Å². The van der Waals surface area contributed by atoms with Crippen LogP contribution in [0.25, 0.3) is 5.69 Å². The second kappa shape index (κ2) is 11.1. The van der Waals surface area contributed by atoms with E-state index in [9.17, 15) is 9.59 Å². The summed E-state index contributed by atoms with van der Waals surface area (Å²) in [6.07, 6.45) is 1.47. The Hall–Kier alpha value is -4.07. The number of aryl methyl sites for hydroxylation is 1. The maximum atomic E-state index is 12.3. The number of hydrazone groups is 1. The van der Waals surface area contributed by atoms with Gasteiger partial charge >= 0.3 is 11.8 Å². The van der Waals surface area contributed by atoms with Gasteiger partial charge in [-0.15, -0.1) is 0 Å². The van der Waals surface area contributed by atoms with Gasteiger partial charge in [0.1, 0.15) is 11.5 Å². The van der Waals surface area contributed by atoms with Crippen molar-refractivity contribution < 1.29 is 14.3 Å². The molecule has 4 rings (SSSR count). The Morgan fingerprint density at radius 3 is 2.31 bits per heavy atom. The molecule has 0 fully saturated rings. The van der Waals surface area contributed by atoms with Gasteiger partial charge in [0, 0.05) is 22.6 Å². The zero-order valence-corrected chi connectivity index (χ0v) is 21.0. The lowest BCUT2D eigenvalue weighted by Gasteiger charge is -2.12. The zero-order chi connectivity index (χ0) is 25.7. The lowest BCUT2D eigenvalue weighted by molar-refractivity contribution is -0.136. The minimum absolute atomic E-state index is 0.439. The Morgan fingerprint density at radius 2 is 1.58 bits per heavy atom. The van der Waals surface area contributed by atoms with Crippen LogP contribution in [0.4, 0.5) is 5.69 Å². The number of nitrogens with zero attached hydrogens (tertiary/aromatic N) is 2. The van der Waals surface area contributed by atoms with Crippen molar-refractivity contribution in [3.8, 4) is 17.2 Å². The van der Waals surface area contributed by atoms with E-state index in [1.165, 1.54) is 6.21 Å². The molecule has 7 nitrogen and oxygen atoms in total. The summed E-state index contributed by atoms with van der Waals surface area (Å²) in [4.78, 5) is 24.5. The Morgan fingerprint density at radius 1 is 0.889 bits per heavy atom. The summed E-state index contributed by atoms with van der Waals surface area (Å²) < 4.78 is 7.65. The standard InChI is InChI=1S/C27H22Cl2N4O3/c1-17-15-19(18(2)33(17)24-10-6-9-23(28)25(24)29)16-30-32-27(35)26(34)31-20-11-13-22(14-12-20)36-21-7-4-3-5-8-21/h3-16H,1-2H3,(H,31,34)(H,32,35)/b30-16-. The molecular weight excluding hydrogens is 499 g/mol. The van der Waals surface area contributed by atoms with Crippen molar-refractivity contribution in [3.63, 3.8) is 0 Å². The van der Waals surface area contributed by atoms with Gasteiger partial charge in [-0.3, -0.25) is 9.59 Å². The number of halogens is 2. The van der Waals surface area contributed by atoms with Gasteiger partial charge in [0.2, 0.25) is 0 Å². The predicted octanol–water partition coefficient (Wildman–Crippen LogP) is 6.28. The zero-order valence-electron chi connectivity index (χ0n) is 19.5. The maximum absolute atomic E-state index is 12.3. The van der Waals surface area contributed by atoms with Crippen LogP contribution in [-0.4, -0.2) is 22.6 Å². The van der Waals surface area contributed by atoms with Crippen LogP contribution in [-0.2, 0) is 9.59 Å². The SMILES string of the molecule is Cc1cc(/C=N\NC(=O)C(=O)Nc2ccc(Oc3ccccc3)cc2)c(C)n1-c1cccc(Cl)c1Cl. The molecule has 0 spiro atoms. The highest BCUT2D eigenvalue weighted by Gasteiger charge is 2.15. The molecule has 36 heavy (non-hydrogen) atoms. The number of carbonyl (C=O) groups excluding carboxylic acids is 2. The van der Waals surface area contributed by atoms with Crippen molar-refractivity contribution >= 4 is 46.9 Å². The first-order valence-corrected chi connectivity index (χ1v) is 11.7. The van der Waals surface area contributed by atoms with E-state index in [2.05, 4.69) is 15.8 Å². The number of ether oxygens (including phenoxy) is 1. The average molecular weight is 521 g/mol. The second-order valence-electron chi connectivity index (χ2n) is 7.83. The molecule has 1 aromatic heterocycles. The first-order valence-electron chi connectivity index (χ1n) is 10.9. The van der Waals surface area contributed by atoms with Gasteiger partial charge in [0.05, 0.1) is 21.9 Å².